The van der Waals surface area contributed by atoms with E-state index in [1.54, 1.807) is 6.92 Å². The molecule has 6 heteroatoms. The topological polar surface area (TPSA) is 78.5 Å². The third-order valence-electron chi connectivity index (χ3n) is 0.465. The molecule has 54 valence electrons. The molecule has 0 amide bonds. The normalized spacial score (nSPS) is 8.00. The second-order valence-corrected chi connectivity index (χ2v) is 1.01. The zero-order valence-electron chi connectivity index (χ0n) is 5.27. The number of nitriles is 2. The van der Waals surface area contributed by atoms with E-state index >= 15 is 0 Å². The van der Waals surface area contributed by atoms with Crippen LogP contribution in [-0.2, 0) is 14.5 Å². The summed E-state index contributed by atoms with van der Waals surface area (Å²) in [7, 11) is 0. The highest BCUT2D eigenvalue weighted by molar-refractivity contribution is 4.43. The third kappa shape index (κ3) is 3.50. The highest BCUT2D eigenvalue weighted by Crippen LogP contribution is 1.90. The van der Waals surface area contributed by atoms with Gasteiger partial charge in [-0.15, -0.1) is 10.5 Å². The number of hydrogen-bond acceptors (Lipinski definition) is 6. The van der Waals surface area contributed by atoms with Crippen LogP contribution in [0.3, 0.4) is 0 Å². The van der Waals surface area contributed by atoms with Crippen molar-refractivity contribution < 1.29 is 14.5 Å². The fourth-order valence-electron chi connectivity index (χ4n) is 0.243. The predicted molar refractivity (Wildman–Crippen MR) is 26.9 cm³/mol. The summed E-state index contributed by atoms with van der Waals surface area (Å²) in [5.41, 5.74) is 0. The van der Waals surface area contributed by atoms with Crippen molar-refractivity contribution in [3.05, 3.63) is 0 Å². The SMILES string of the molecule is CCON(OC#N)OC#N. The number of nitrogens with zero attached hydrogens (tertiary/aromatic N) is 3. The molecule has 0 heterocycles. The molecule has 0 bridgehead atoms. The van der Waals surface area contributed by atoms with Crippen LogP contribution in [0, 0.1) is 23.0 Å². The molecule has 0 N–H and O–H groups in total. The minimum absolute atomic E-state index is 0.239. The first kappa shape index (κ1) is 8.50. The number of rotatable bonds is 4. The van der Waals surface area contributed by atoms with Crippen molar-refractivity contribution in [1.82, 2.24) is 5.39 Å². The van der Waals surface area contributed by atoms with Crippen molar-refractivity contribution in [3.63, 3.8) is 0 Å². The van der Waals surface area contributed by atoms with Gasteiger partial charge in [-0.2, -0.15) is 0 Å². The summed E-state index contributed by atoms with van der Waals surface area (Å²) in [6.07, 6.45) is 2.52. The van der Waals surface area contributed by atoms with E-state index in [-0.39, 0.29) is 6.61 Å². The van der Waals surface area contributed by atoms with Crippen LogP contribution in [0.4, 0.5) is 0 Å². The van der Waals surface area contributed by atoms with Crippen LogP contribution in [-0.4, -0.2) is 12.0 Å². The average molecular weight is 143 g/mol. The molecule has 0 radical (unpaired) electrons. The van der Waals surface area contributed by atoms with Crippen LogP contribution in [0.25, 0.3) is 0 Å². The zero-order valence-corrected chi connectivity index (χ0v) is 5.27. The first-order chi connectivity index (χ1) is 4.85. The van der Waals surface area contributed by atoms with Crippen molar-refractivity contribution in [2.75, 3.05) is 6.61 Å². The summed E-state index contributed by atoms with van der Waals surface area (Å²) < 4.78 is 0. The van der Waals surface area contributed by atoms with Crippen molar-refractivity contribution >= 4 is 0 Å². The molecule has 0 aromatic carbocycles. The number of hydrogen-bond donors (Lipinski definition) is 0. The maximum atomic E-state index is 7.91. The molecular weight excluding hydrogens is 138 g/mol. The lowest BCUT2D eigenvalue weighted by Crippen LogP contribution is -2.20. The predicted octanol–water partition coefficient (Wildman–Crippen LogP) is 0.0653. The third-order valence-corrected chi connectivity index (χ3v) is 0.465. The quantitative estimate of drug-likeness (QED) is 0.409. The Morgan fingerprint density at radius 2 is 1.80 bits per heavy atom. The van der Waals surface area contributed by atoms with Gasteiger partial charge in [0.15, 0.2) is 0 Å². The van der Waals surface area contributed by atoms with Gasteiger partial charge in [-0.1, -0.05) is 0 Å². The molecule has 0 saturated heterocycles. The highest BCUT2D eigenvalue weighted by Gasteiger charge is 2.04. The van der Waals surface area contributed by atoms with Gasteiger partial charge in [-0.25, -0.2) is 4.84 Å². The van der Waals surface area contributed by atoms with E-state index in [1.807, 2.05) is 0 Å². The van der Waals surface area contributed by atoms with E-state index in [4.69, 9.17) is 10.5 Å². The summed E-state index contributed by atoms with van der Waals surface area (Å²) >= 11 is 0. The van der Waals surface area contributed by atoms with E-state index in [0.29, 0.717) is 5.39 Å². The Hall–Kier alpha value is -1.50. The van der Waals surface area contributed by atoms with Gasteiger partial charge in [0, 0.05) is 0 Å². The van der Waals surface area contributed by atoms with E-state index < -0.39 is 0 Å². The molecule has 0 aromatic heterocycles. The summed E-state index contributed by atoms with van der Waals surface area (Å²) in [4.78, 5) is 12.5. The van der Waals surface area contributed by atoms with Crippen molar-refractivity contribution in [3.8, 4) is 12.5 Å². The largest absolute Gasteiger partial charge is 0.312 e. The molecule has 6 nitrogen and oxygen atoms in total. The Balaban J connectivity index is 3.54. The molecule has 0 rings (SSSR count). The van der Waals surface area contributed by atoms with E-state index in [0.717, 1.165) is 0 Å². The molecular formula is C4H5N3O3. The van der Waals surface area contributed by atoms with Crippen LogP contribution in [0.2, 0.25) is 0 Å². The highest BCUT2D eigenvalue weighted by atomic mass is 17.2. The Kier molecular flexibility index (Phi) is 4.79. The van der Waals surface area contributed by atoms with Crippen molar-refractivity contribution in [1.29, 1.82) is 10.5 Å². The molecule has 0 aliphatic carbocycles. The Morgan fingerprint density at radius 3 is 2.10 bits per heavy atom. The minimum atomic E-state index is 0.239. The summed E-state index contributed by atoms with van der Waals surface area (Å²) in [5, 5.41) is 16.1. The second-order valence-electron chi connectivity index (χ2n) is 1.01. The van der Waals surface area contributed by atoms with E-state index in [1.165, 1.54) is 12.5 Å². The molecule has 0 aliphatic rings. The van der Waals surface area contributed by atoms with Crippen LogP contribution in [0.1, 0.15) is 6.92 Å². The molecule has 0 unspecified atom stereocenters. The summed E-state index contributed by atoms with van der Waals surface area (Å²) in [6, 6.07) is 0. The maximum Gasteiger partial charge on any atom is 0.312 e. The lowest BCUT2D eigenvalue weighted by atomic mass is 10.9. The van der Waals surface area contributed by atoms with E-state index in [2.05, 4.69) is 14.5 Å². The van der Waals surface area contributed by atoms with Gasteiger partial charge in [0.05, 0.1) is 6.61 Å². The molecule has 0 aliphatic heterocycles. The van der Waals surface area contributed by atoms with Gasteiger partial charge in [0.25, 0.3) is 0 Å². The molecule has 0 saturated carbocycles. The van der Waals surface area contributed by atoms with Crippen LogP contribution < -0.4 is 0 Å². The maximum absolute atomic E-state index is 7.91. The molecule has 0 aromatic rings. The van der Waals surface area contributed by atoms with Gasteiger partial charge in [-0.3, -0.25) is 9.68 Å². The molecule has 0 fully saturated rings. The van der Waals surface area contributed by atoms with Crippen LogP contribution in [0.15, 0.2) is 0 Å². The summed E-state index contributed by atoms with van der Waals surface area (Å²) in [6.45, 7) is 1.89. The molecule has 0 spiro atoms. The molecule has 0 atom stereocenters. The van der Waals surface area contributed by atoms with Gasteiger partial charge in [0.1, 0.15) is 0 Å². The Morgan fingerprint density at radius 1 is 1.30 bits per heavy atom. The van der Waals surface area contributed by atoms with E-state index in [9.17, 15) is 0 Å². The monoisotopic (exact) mass is 143 g/mol. The lowest BCUT2D eigenvalue weighted by Gasteiger charge is -2.07. The van der Waals surface area contributed by atoms with Crippen molar-refractivity contribution in [2.45, 2.75) is 6.92 Å². The fourth-order valence-corrected chi connectivity index (χ4v) is 0.243. The van der Waals surface area contributed by atoms with Crippen LogP contribution >= 0.6 is 0 Å². The van der Waals surface area contributed by atoms with Gasteiger partial charge < -0.3 is 0 Å². The first-order valence-electron chi connectivity index (χ1n) is 2.40. The first-order valence-corrected chi connectivity index (χ1v) is 2.40. The Labute approximate surface area is 57.6 Å². The van der Waals surface area contributed by atoms with Gasteiger partial charge >= 0.3 is 12.5 Å². The van der Waals surface area contributed by atoms with Gasteiger partial charge in [-0.05, 0) is 6.92 Å². The lowest BCUT2D eigenvalue weighted by molar-refractivity contribution is -0.481. The fraction of sp³-hybridized carbons (Fsp3) is 0.500. The second kappa shape index (κ2) is 5.63. The summed E-state index contributed by atoms with van der Waals surface area (Å²) in [5.74, 6) is 0. The average Bonchev–Trinajstić information content (AvgIpc) is 1.90. The standard InChI is InChI=1S/C4H5N3O3/c1-2-8-7(9-3-5)10-4-6/h2H2,1H3. The Bertz CT molecular complexity index is 142. The van der Waals surface area contributed by atoms with Crippen molar-refractivity contribution in [2.24, 2.45) is 0 Å². The van der Waals surface area contributed by atoms with Gasteiger partial charge in [0.2, 0.25) is 5.39 Å². The smallest absolute Gasteiger partial charge is 0.264 e. The van der Waals surface area contributed by atoms with Crippen LogP contribution in [0.5, 0.6) is 0 Å². The molecule has 10 heavy (non-hydrogen) atoms. The minimum Gasteiger partial charge on any atom is -0.264 e. The zero-order chi connectivity index (χ0) is 7.82.